The lowest BCUT2D eigenvalue weighted by molar-refractivity contribution is -0.128. The molecule has 0 aliphatic rings. The quantitative estimate of drug-likeness (QED) is 0.577. The third-order valence-corrected chi connectivity index (χ3v) is 5.53. The second kappa shape index (κ2) is 10.3. The number of benzene rings is 1. The summed E-state index contributed by atoms with van der Waals surface area (Å²) in [6, 6.07) is 7.45. The van der Waals surface area contributed by atoms with E-state index in [9.17, 15) is 18.0 Å². The van der Waals surface area contributed by atoms with E-state index >= 15 is 0 Å². The molecule has 0 unspecified atom stereocenters. The van der Waals surface area contributed by atoms with Crippen LogP contribution in [0.2, 0.25) is 5.28 Å². The SMILES string of the molecule is CC(C)C[C@H](OC(=O)NC(C)(C)C)C(=O)NS(=O)(=O)c1cccc(-c2ccnc(Cl)n2)c1. The molecule has 2 N–H and O–H groups in total. The summed E-state index contributed by atoms with van der Waals surface area (Å²) >= 11 is 5.81. The Labute approximate surface area is 193 Å². The van der Waals surface area contributed by atoms with Crippen molar-refractivity contribution in [3.63, 3.8) is 0 Å². The van der Waals surface area contributed by atoms with Gasteiger partial charge in [0, 0.05) is 17.3 Å². The summed E-state index contributed by atoms with van der Waals surface area (Å²) in [6.07, 6.45) is -0.489. The molecule has 1 heterocycles. The van der Waals surface area contributed by atoms with Crippen molar-refractivity contribution in [2.24, 2.45) is 5.92 Å². The monoisotopic (exact) mass is 482 g/mol. The van der Waals surface area contributed by atoms with Gasteiger partial charge in [0.2, 0.25) is 5.28 Å². The smallest absolute Gasteiger partial charge is 0.408 e. The minimum absolute atomic E-state index is 0.0197. The predicted molar refractivity (Wildman–Crippen MR) is 120 cm³/mol. The number of halogens is 1. The van der Waals surface area contributed by atoms with Gasteiger partial charge in [-0.2, -0.15) is 0 Å². The van der Waals surface area contributed by atoms with Gasteiger partial charge >= 0.3 is 6.09 Å². The number of nitrogens with one attached hydrogen (secondary N) is 2. The fourth-order valence-corrected chi connectivity index (χ4v) is 3.88. The topological polar surface area (TPSA) is 127 Å². The number of nitrogens with zero attached hydrogens (tertiary/aromatic N) is 2. The first kappa shape index (κ1) is 25.5. The van der Waals surface area contributed by atoms with Gasteiger partial charge in [-0.1, -0.05) is 26.0 Å². The highest BCUT2D eigenvalue weighted by atomic mass is 35.5. The van der Waals surface area contributed by atoms with Gasteiger partial charge in [0.05, 0.1) is 10.6 Å². The minimum Gasteiger partial charge on any atom is -0.436 e. The Hall–Kier alpha value is -2.72. The number of aromatic nitrogens is 2. The molecule has 2 aromatic rings. The number of alkyl carbamates (subject to hydrolysis) is 1. The molecule has 9 nitrogen and oxygen atoms in total. The van der Waals surface area contributed by atoms with E-state index in [-0.39, 0.29) is 22.5 Å². The molecule has 174 valence electrons. The largest absolute Gasteiger partial charge is 0.436 e. The van der Waals surface area contributed by atoms with Gasteiger partial charge in [0.15, 0.2) is 6.10 Å². The lowest BCUT2D eigenvalue weighted by Gasteiger charge is -2.24. The van der Waals surface area contributed by atoms with Crippen LogP contribution in [0.15, 0.2) is 41.4 Å². The Morgan fingerprint density at radius 1 is 1.19 bits per heavy atom. The van der Waals surface area contributed by atoms with Crippen LogP contribution in [0, 0.1) is 5.92 Å². The van der Waals surface area contributed by atoms with Crippen molar-refractivity contribution < 1.29 is 22.7 Å². The zero-order valence-corrected chi connectivity index (χ0v) is 20.1. The Morgan fingerprint density at radius 2 is 1.88 bits per heavy atom. The van der Waals surface area contributed by atoms with Gasteiger partial charge in [-0.3, -0.25) is 4.79 Å². The first-order chi connectivity index (χ1) is 14.8. The van der Waals surface area contributed by atoms with Gasteiger partial charge < -0.3 is 10.1 Å². The van der Waals surface area contributed by atoms with Crippen molar-refractivity contribution >= 4 is 33.6 Å². The number of amides is 2. The van der Waals surface area contributed by atoms with E-state index in [2.05, 4.69) is 15.3 Å². The van der Waals surface area contributed by atoms with E-state index in [4.69, 9.17) is 16.3 Å². The number of hydrogen-bond donors (Lipinski definition) is 2. The molecule has 0 spiro atoms. The molecule has 2 rings (SSSR count). The summed E-state index contributed by atoms with van der Waals surface area (Å²) in [4.78, 5) is 32.6. The molecule has 0 bridgehead atoms. The average molecular weight is 483 g/mol. The standard InChI is InChI=1S/C21H27ClN4O5S/c1-13(2)11-17(31-20(28)25-21(3,4)5)18(27)26-32(29,30)15-8-6-7-14(12-15)16-9-10-23-19(22)24-16/h6-10,12-13,17H,11H2,1-5H3,(H,25,28)(H,26,27)/t17-/m0/s1. The average Bonchev–Trinajstić information content (AvgIpc) is 2.65. The van der Waals surface area contributed by atoms with Crippen LogP contribution in [0.4, 0.5) is 4.79 Å². The molecule has 0 saturated carbocycles. The van der Waals surface area contributed by atoms with Crippen LogP contribution in [0.25, 0.3) is 11.3 Å². The van der Waals surface area contributed by atoms with Gasteiger partial charge in [-0.15, -0.1) is 0 Å². The fourth-order valence-electron chi connectivity index (χ4n) is 2.68. The number of hydrogen-bond acceptors (Lipinski definition) is 7. The Balaban J connectivity index is 2.23. The molecule has 0 radical (unpaired) electrons. The Kier molecular flexibility index (Phi) is 8.19. The minimum atomic E-state index is -4.24. The predicted octanol–water partition coefficient (Wildman–Crippen LogP) is 3.54. The maximum atomic E-state index is 12.9. The van der Waals surface area contributed by atoms with E-state index < -0.39 is 33.7 Å². The Bertz CT molecular complexity index is 1080. The van der Waals surface area contributed by atoms with Crippen LogP contribution in [0.5, 0.6) is 0 Å². The highest BCUT2D eigenvalue weighted by Gasteiger charge is 2.29. The summed E-state index contributed by atoms with van der Waals surface area (Å²) in [5.41, 5.74) is 0.323. The second-order valence-corrected chi connectivity index (χ2v) is 10.6. The summed E-state index contributed by atoms with van der Waals surface area (Å²) in [5.74, 6) is -0.958. The lowest BCUT2D eigenvalue weighted by Crippen LogP contribution is -2.46. The van der Waals surface area contributed by atoms with Crippen LogP contribution in [-0.2, 0) is 19.6 Å². The van der Waals surface area contributed by atoms with Crippen molar-refractivity contribution in [1.29, 1.82) is 0 Å². The Morgan fingerprint density at radius 3 is 2.47 bits per heavy atom. The molecule has 0 aliphatic heterocycles. The third-order valence-electron chi connectivity index (χ3n) is 4.01. The summed E-state index contributed by atoms with van der Waals surface area (Å²) < 4.78 is 32.9. The first-order valence-electron chi connectivity index (χ1n) is 9.91. The van der Waals surface area contributed by atoms with E-state index in [0.29, 0.717) is 11.3 Å². The summed E-state index contributed by atoms with van der Waals surface area (Å²) in [6.45, 7) is 8.93. The molecule has 32 heavy (non-hydrogen) atoms. The molecule has 1 atom stereocenters. The molecule has 1 aromatic carbocycles. The molecule has 11 heteroatoms. The normalized spacial score (nSPS) is 12.8. The van der Waals surface area contributed by atoms with Crippen molar-refractivity contribution in [2.75, 3.05) is 0 Å². The molecule has 0 aliphatic carbocycles. The maximum Gasteiger partial charge on any atom is 0.408 e. The zero-order valence-electron chi connectivity index (χ0n) is 18.5. The van der Waals surface area contributed by atoms with Gasteiger partial charge in [0.1, 0.15) is 0 Å². The van der Waals surface area contributed by atoms with Crippen molar-refractivity contribution in [1.82, 2.24) is 20.0 Å². The van der Waals surface area contributed by atoms with E-state index in [0.717, 1.165) is 0 Å². The van der Waals surface area contributed by atoms with Crippen LogP contribution < -0.4 is 10.0 Å². The third kappa shape index (κ3) is 7.76. The molecular formula is C21H27ClN4O5S. The summed E-state index contributed by atoms with van der Waals surface area (Å²) in [5, 5.41) is 2.61. The molecule has 0 saturated heterocycles. The second-order valence-electron chi connectivity index (χ2n) is 8.61. The molecular weight excluding hydrogens is 456 g/mol. The molecule has 2 amide bonds. The molecule has 1 aromatic heterocycles. The summed E-state index contributed by atoms with van der Waals surface area (Å²) in [7, 11) is -4.24. The number of carbonyl (C=O) groups is 2. The van der Waals surface area contributed by atoms with Crippen LogP contribution in [-0.4, -0.2) is 42.0 Å². The zero-order chi connectivity index (χ0) is 24.1. The number of carbonyl (C=O) groups excluding carboxylic acids is 2. The van der Waals surface area contributed by atoms with E-state index in [1.54, 1.807) is 32.9 Å². The van der Waals surface area contributed by atoms with Crippen LogP contribution >= 0.6 is 11.6 Å². The highest BCUT2D eigenvalue weighted by molar-refractivity contribution is 7.90. The van der Waals surface area contributed by atoms with Gasteiger partial charge in [0.25, 0.3) is 15.9 Å². The first-order valence-corrected chi connectivity index (χ1v) is 11.8. The number of rotatable bonds is 7. The van der Waals surface area contributed by atoms with Crippen molar-refractivity contribution in [3.05, 3.63) is 41.8 Å². The van der Waals surface area contributed by atoms with E-state index in [1.165, 1.54) is 24.4 Å². The fraction of sp³-hybridized carbons (Fsp3) is 0.429. The highest BCUT2D eigenvalue weighted by Crippen LogP contribution is 2.22. The van der Waals surface area contributed by atoms with Gasteiger partial charge in [-0.25, -0.2) is 27.9 Å². The van der Waals surface area contributed by atoms with Crippen LogP contribution in [0.3, 0.4) is 0 Å². The van der Waals surface area contributed by atoms with E-state index in [1.807, 2.05) is 18.6 Å². The van der Waals surface area contributed by atoms with Gasteiger partial charge in [-0.05, 0) is 62.9 Å². The maximum absolute atomic E-state index is 12.9. The lowest BCUT2D eigenvalue weighted by atomic mass is 10.1. The molecule has 0 fully saturated rings. The van der Waals surface area contributed by atoms with Crippen LogP contribution in [0.1, 0.15) is 41.0 Å². The number of ether oxygens (including phenoxy) is 1. The van der Waals surface area contributed by atoms with Crippen molar-refractivity contribution in [2.45, 2.75) is 57.6 Å². The number of sulfonamides is 1. The van der Waals surface area contributed by atoms with Crippen molar-refractivity contribution in [3.8, 4) is 11.3 Å².